The van der Waals surface area contributed by atoms with Gasteiger partial charge in [0.25, 0.3) is 0 Å². The first kappa shape index (κ1) is 20.9. The lowest BCUT2D eigenvalue weighted by Crippen LogP contribution is -2.52. The number of thiazole rings is 1. The molecule has 19 heavy (non-hydrogen) atoms. The van der Waals surface area contributed by atoms with E-state index in [0.717, 1.165) is 17.8 Å². The average molecular weight is 328 g/mol. The number of hydrogen-bond acceptors (Lipinski definition) is 4. The summed E-state index contributed by atoms with van der Waals surface area (Å²) >= 11 is 1.55. The third kappa shape index (κ3) is 6.08. The molecule has 1 aromatic heterocycles. The molecule has 0 saturated heterocycles. The minimum atomic E-state index is -0.792. The van der Waals surface area contributed by atoms with E-state index in [0.29, 0.717) is 6.42 Å². The summed E-state index contributed by atoms with van der Waals surface area (Å²) in [4.78, 5) is 16.3. The zero-order valence-corrected chi connectivity index (χ0v) is 14.0. The molecule has 3 N–H and O–H groups in total. The van der Waals surface area contributed by atoms with Crippen LogP contribution in [0.15, 0.2) is 11.6 Å². The minimum absolute atomic E-state index is 0. The van der Waals surface area contributed by atoms with Crippen LogP contribution in [0.1, 0.15) is 51.1 Å². The third-order valence-electron chi connectivity index (χ3n) is 2.75. The molecule has 0 radical (unpaired) electrons. The molecule has 0 fully saturated rings. The van der Waals surface area contributed by atoms with Crippen LogP contribution in [0.5, 0.6) is 0 Å². The lowest BCUT2D eigenvalue weighted by Gasteiger charge is -2.25. The summed E-state index contributed by atoms with van der Waals surface area (Å²) in [5.74, 6) is -0.0959. The number of aromatic nitrogens is 1. The van der Waals surface area contributed by atoms with E-state index in [4.69, 9.17) is 5.73 Å². The second-order valence-electron chi connectivity index (χ2n) is 4.47. The van der Waals surface area contributed by atoms with Gasteiger partial charge in [0, 0.05) is 11.6 Å². The topological polar surface area (TPSA) is 68.0 Å². The maximum Gasteiger partial charge on any atom is 0.240 e. The molecule has 2 atom stereocenters. The van der Waals surface area contributed by atoms with Crippen LogP contribution < -0.4 is 11.1 Å². The van der Waals surface area contributed by atoms with Crippen LogP contribution in [0.25, 0.3) is 0 Å². The van der Waals surface area contributed by atoms with Gasteiger partial charge in [-0.25, -0.2) is 4.98 Å². The van der Waals surface area contributed by atoms with Gasteiger partial charge in [0.15, 0.2) is 0 Å². The van der Waals surface area contributed by atoms with Crippen molar-refractivity contribution in [3.05, 3.63) is 16.6 Å². The van der Waals surface area contributed by atoms with Gasteiger partial charge >= 0.3 is 0 Å². The molecular weight excluding hydrogens is 305 g/mol. The molecule has 0 saturated carbocycles. The second-order valence-corrected chi connectivity index (χ2v) is 5.40. The van der Waals surface area contributed by atoms with Crippen LogP contribution in [-0.2, 0) is 4.79 Å². The van der Waals surface area contributed by atoms with Gasteiger partial charge in [0.1, 0.15) is 5.01 Å². The standard InChI is InChI=1S/C12H21N3OS.2ClH/c1-4-6-12(3,13)11(16)15-9(5-2)10-14-7-8-17-10;;/h7-9H,4-6,13H2,1-3H3,(H,15,16);2*1H. The van der Waals surface area contributed by atoms with Crippen LogP contribution in [0.3, 0.4) is 0 Å². The molecule has 1 amide bonds. The molecule has 112 valence electrons. The number of nitrogens with one attached hydrogen (secondary N) is 1. The largest absolute Gasteiger partial charge is 0.345 e. The maximum absolute atomic E-state index is 12.1. The third-order valence-corrected chi connectivity index (χ3v) is 3.64. The first-order valence-corrected chi connectivity index (χ1v) is 6.88. The van der Waals surface area contributed by atoms with Gasteiger partial charge in [-0.1, -0.05) is 20.3 Å². The summed E-state index contributed by atoms with van der Waals surface area (Å²) in [6.07, 6.45) is 4.16. The molecule has 0 aliphatic rings. The fourth-order valence-corrected chi connectivity index (χ4v) is 2.47. The number of nitrogens with two attached hydrogens (primary N) is 1. The van der Waals surface area contributed by atoms with E-state index >= 15 is 0 Å². The van der Waals surface area contributed by atoms with E-state index in [-0.39, 0.29) is 36.8 Å². The van der Waals surface area contributed by atoms with Gasteiger partial charge in [-0.05, 0) is 19.8 Å². The highest BCUT2D eigenvalue weighted by atomic mass is 35.5. The summed E-state index contributed by atoms with van der Waals surface area (Å²) in [7, 11) is 0. The van der Waals surface area contributed by atoms with Crippen molar-refractivity contribution >= 4 is 42.1 Å². The van der Waals surface area contributed by atoms with E-state index in [9.17, 15) is 4.79 Å². The van der Waals surface area contributed by atoms with Crippen molar-refractivity contribution in [2.45, 2.75) is 51.6 Å². The number of carbonyl (C=O) groups excluding carboxylic acids is 1. The molecule has 2 unspecified atom stereocenters. The van der Waals surface area contributed by atoms with Gasteiger partial charge < -0.3 is 11.1 Å². The van der Waals surface area contributed by atoms with Crippen molar-refractivity contribution in [1.82, 2.24) is 10.3 Å². The second kappa shape index (κ2) is 9.53. The van der Waals surface area contributed by atoms with Crippen molar-refractivity contribution in [3.63, 3.8) is 0 Å². The molecule has 1 heterocycles. The van der Waals surface area contributed by atoms with Crippen LogP contribution in [0.2, 0.25) is 0 Å². The predicted octanol–water partition coefficient (Wildman–Crippen LogP) is 3.07. The van der Waals surface area contributed by atoms with Gasteiger partial charge in [-0.3, -0.25) is 4.79 Å². The fraction of sp³-hybridized carbons (Fsp3) is 0.667. The van der Waals surface area contributed by atoms with Gasteiger partial charge in [0.2, 0.25) is 5.91 Å². The molecule has 0 aliphatic carbocycles. The van der Waals surface area contributed by atoms with E-state index in [2.05, 4.69) is 10.3 Å². The molecule has 0 aromatic carbocycles. The Hall–Kier alpha value is -0.360. The zero-order chi connectivity index (χ0) is 12.9. The van der Waals surface area contributed by atoms with Crippen molar-refractivity contribution in [1.29, 1.82) is 0 Å². The molecule has 0 spiro atoms. The molecule has 0 bridgehead atoms. The Labute approximate surface area is 131 Å². The Bertz CT molecular complexity index is 358. The fourth-order valence-electron chi connectivity index (χ4n) is 1.70. The van der Waals surface area contributed by atoms with Crippen molar-refractivity contribution in [2.24, 2.45) is 5.73 Å². The highest BCUT2D eigenvalue weighted by Crippen LogP contribution is 2.20. The summed E-state index contributed by atoms with van der Waals surface area (Å²) in [5, 5.41) is 5.83. The quantitative estimate of drug-likeness (QED) is 0.843. The van der Waals surface area contributed by atoms with Crippen molar-refractivity contribution < 1.29 is 4.79 Å². The minimum Gasteiger partial charge on any atom is -0.345 e. The Morgan fingerprint density at radius 2 is 2.16 bits per heavy atom. The van der Waals surface area contributed by atoms with E-state index < -0.39 is 5.54 Å². The summed E-state index contributed by atoms with van der Waals surface area (Å²) in [6, 6.07) is -0.0257. The number of nitrogens with zero attached hydrogens (tertiary/aromatic N) is 1. The van der Waals surface area contributed by atoms with Crippen molar-refractivity contribution in [3.8, 4) is 0 Å². The monoisotopic (exact) mass is 327 g/mol. The summed E-state index contributed by atoms with van der Waals surface area (Å²) in [6.45, 7) is 5.83. The zero-order valence-electron chi connectivity index (χ0n) is 11.5. The maximum atomic E-state index is 12.1. The molecule has 1 rings (SSSR count). The van der Waals surface area contributed by atoms with Gasteiger partial charge in [-0.15, -0.1) is 36.2 Å². The van der Waals surface area contributed by atoms with Gasteiger partial charge in [-0.2, -0.15) is 0 Å². The Morgan fingerprint density at radius 3 is 2.58 bits per heavy atom. The highest BCUT2D eigenvalue weighted by Gasteiger charge is 2.29. The highest BCUT2D eigenvalue weighted by molar-refractivity contribution is 7.09. The lowest BCUT2D eigenvalue weighted by atomic mass is 9.96. The molecule has 7 heteroatoms. The smallest absolute Gasteiger partial charge is 0.240 e. The lowest BCUT2D eigenvalue weighted by molar-refractivity contribution is -0.126. The first-order valence-electron chi connectivity index (χ1n) is 6.00. The van der Waals surface area contributed by atoms with Crippen LogP contribution >= 0.6 is 36.2 Å². The van der Waals surface area contributed by atoms with Gasteiger partial charge in [0.05, 0.1) is 11.6 Å². The molecule has 0 aliphatic heterocycles. The summed E-state index contributed by atoms with van der Waals surface area (Å²) < 4.78 is 0. The number of carbonyl (C=O) groups is 1. The number of amides is 1. The number of rotatable bonds is 6. The van der Waals surface area contributed by atoms with E-state index in [1.165, 1.54) is 0 Å². The predicted molar refractivity (Wildman–Crippen MR) is 85.3 cm³/mol. The van der Waals surface area contributed by atoms with Crippen molar-refractivity contribution in [2.75, 3.05) is 0 Å². The Kier molecular flexibility index (Phi) is 10.5. The van der Waals surface area contributed by atoms with Crippen LogP contribution in [0, 0.1) is 0 Å². The van der Waals surface area contributed by atoms with Crippen LogP contribution in [-0.4, -0.2) is 16.4 Å². The normalized spacial score (nSPS) is 14.5. The SMILES string of the molecule is CCCC(C)(N)C(=O)NC(CC)c1nccs1.Cl.Cl. The van der Waals surface area contributed by atoms with Crippen LogP contribution in [0.4, 0.5) is 0 Å². The average Bonchev–Trinajstić information content (AvgIpc) is 2.78. The van der Waals surface area contributed by atoms with E-state index in [1.807, 2.05) is 19.2 Å². The first-order chi connectivity index (χ1) is 8.01. The molecular formula is C12H23Cl2N3OS. The Morgan fingerprint density at radius 1 is 1.53 bits per heavy atom. The van der Waals surface area contributed by atoms with E-state index in [1.54, 1.807) is 24.5 Å². The molecule has 1 aromatic rings. The Balaban J connectivity index is 0. The molecule has 4 nitrogen and oxygen atoms in total. The number of halogens is 2. The summed E-state index contributed by atoms with van der Waals surface area (Å²) in [5.41, 5.74) is 5.21. The number of hydrogen-bond donors (Lipinski definition) is 2.